The molecule has 0 saturated carbocycles. The SMILES string of the molecule is C[Si](C)(C)CCOCn1c(O[C@@H]2CO[C@H]3[C@@H]2OC[C@H]3O)nc2cc(Cl)c(I)cc21. The van der Waals surface area contributed by atoms with E-state index in [0.29, 0.717) is 31.0 Å². The van der Waals surface area contributed by atoms with Gasteiger partial charge in [-0.25, -0.2) is 0 Å². The van der Waals surface area contributed by atoms with Gasteiger partial charge in [-0.2, -0.15) is 4.98 Å². The van der Waals surface area contributed by atoms with E-state index in [1.807, 2.05) is 16.7 Å². The summed E-state index contributed by atoms with van der Waals surface area (Å²) in [7, 11) is -1.17. The lowest BCUT2D eigenvalue weighted by molar-refractivity contribution is 0.00340. The van der Waals surface area contributed by atoms with Crippen molar-refractivity contribution in [2.24, 2.45) is 0 Å². The molecule has 0 bridgehead atoms. The molecule has 1 N–H and O–H groups in total. The van der Waals surface area contributed by atoms with E-state index in [2.05, 4.69) is 47.2 Å². The smallest absolute Gasteiger partial charge is 0.299 e. The van der Waals surface area contributed by atoms with E-state index in [9.17, 15) is 5.11 Å². The van der Waals surface area contributed by atoms with Crippen molar-refractivity contribution >= 4 is 53.3 Å². The molecule has 2 aromatic rings. The Balaban J connectivity index is 1.57. The maximum absolute atomic E-state index is 9.96. The van der Waals surface area contributed by atoms with Gasteiger partial charge in [-0.3, -0.25) is 4.57 Å². The van der Waals surface area contributed by atoms with Crippen LogP contribution in [0.4, 0.5) is 0 Å². The van der Waals surface area contributed by atoms with Crippen LogP contribution < -0.4 is 4.74 Å². The van der Waals surface area contributed by atoms with E-state index in [4.69, 9.17) is 30.5 Å². The van der Waals surface area contributed by atoms with E-state index in [1.165, 1.54) is 0 Å². The predicted octanol–water partition coefficient (Wildman–Crippen LogP) is 3.51. The van der Waals surface area contributed by atoms with Gasteiger partial charge in [0, 0.05) is 18.3 Å². The molecule has 2 aliphatic heterocycles. The molecule has 3 heterocycles. The summed E-state index contributed by atoms with van der Waals surface area (Å²) in [6, 6.07) is 5.37. The van der Waals surface area contributed by atoms with Gasteiger partial charge in [0.25, 0.3) is 6.01 Å². The van der Waals surface area contributed by atoms with Crippen LogP contribution in [0.3, 0.4) is 0 Å². The minimum atomic E-state index is -1.17. The number of aromatic nitrogens is 2. The Morgan fingerprint density at radius 3 is 2.79 bits per heavy atom. The van der Waals surface area contributed by atoms with Crippen LogP contribution in [0.5, 0.6) is 6.01 Å². The van der Waals surface area contributed by atoms with Crippen LogP contribution >= 0.6 is 34.2 Å². The van der Waals surface area contributed by atoms with Crippen LogP contribution in [-0.2, 0) is 20.9 Å². The van der Waals surface area contributed by atoms with Gasteiger partial charge in [-0.1, -0.05) is 31.2 Å². The highest BCUT2D eigenvalue weighted by Gasteiger charge is 2.48. The molecule has 2 fully saturated rings. The number of rotatable bonds is 7. The van der Waals surface area contributed by atoms with Crippen molar-refractivity contribution in [3.63, 3.8) is 0 Å². The fourth-order valence-corrected chi connectivity index (χ4v) is 4.89. The summed E-state index contributed by atoms with van der Waals surface area (Å²) < 4.78 is 26.4. The third-order valence-corrected chi connectivity index (χ3v) is 8.44. The lowest BCUT2D eigenvalue weighted by atomic mass is 10.1. The van der Waals surface area contributed by atoms with Crippen LogP contribution in [0.25, 0.3) is 11.0 Å². The van der Waals surface area contributed by atoms with Gasteiger partial charge in [0.05, 0.1) is 29.3 Å². The zero-order valence-corrected chi connectivity index (χ0v) is 20.6. The minimum absolute atomic E-state index is 0.263. The van der Waals surface area contributed by atoms with Crippen LogP contribution in [-0.4, -0.2) is 67.0 Å². The second kappa shape index (κ2) is 8.60. The van der Waals surface area contributed by atoms with Crippen LogP contribution in [0.2, 0.25) is 30.7 Å². The summed E-state index contributed by atoms with van der Waals surface area (Å²) in [6.45, 7) is 8.64. The lowest BCUT2D eigenvalue weighted by Gasteiger charge is -2.19. The van der Waals surface area contributed by atoms with Crippen LogP contribution in [0, 0.1) is 3.57 Å². The van der Waals surface area contributed by atoms with Crippen molar-refractivity contribution in [3.05, 3.63) is 20.7 Å². The first kappa shape index (κ1) is 21.8. The Morgan fingerprint density at radius 1 is 1.28 bits per heavy atom. The summed E-state index contributed by atoms with van der Waals surface area (Å²) in [6.07, 6.45) is -1.59. The van der Waals surface area contributed by atoms with Crippen molar-refractivity contribution < 1.29 is 24.1 Å². The molecule has 4 rings (SSSR count). The normalized spacial score (nSPS) is 27.0. The standard InChI is InChI=1S/C19H26ClIN2O5Si/c1-29(2,3)5-4-25-10-23-14-7-12(21)11(20)6-13(14)22-19(23)28-16-9-27-17-15(24)8-26-18(16)17/h6-7,15-18,24H,4-5,8-10H2,1-3H3/t15-,16-,17-,18-/m1/s1. The molecule has 10 heteroatoms. The first-order chi connectivity index (χ1) is 13.7. The molecule has 7 nitrogen and oxygen atoms in total. The Kier molecular flexibility index (Phi) is 6.46. The zero-order valence-electron chi connectivity index (χ0n) is 16.7. The Hall–Kier alpha value is -0.433. The molecule has 0 amide bonds. The quantitative estimate of drug-likeness (QED) is 0.322. The first-order valence-electron chi connectivity index (χ1n) is 9.74. The third-order valence-electron chi connectivity index (χ3n) is 5.21. The van der Waals surface area contributed by atoms with Crippen molar-refractivity contribution in [2.45, 2.75) is 56.8 Å². The summed E-state index contributed by atoms with van der Waals surface area (Å²) in [5.41, 5.74) is 1.66. The van der Waals surface area contributed by atoms with Gasteiger partial charge in [0.15, 0.2) is 6.10 Å². The average molecular weight is 553 g/mol. The van der Waals surface area contributed by atoms with Crippen molar-refractivity contribution in [3.8, 4) is 6.01 Å². The van der Waals surface area contributed by atoms with Crippen molar-refractivity contribution in [2.75, 3.05) is 19.8 Å². The molecule has 0 spiro atoms. The van der Waals surface area contributed by atoms with Gasteiger partial charge in [-0.15, -0.1) is 0 Å². The summed E-state index contributed by atoms with van der Waals surface area (Å²) in [5, 5.41) is 10.6. The van der Waals surface area contributed by atoms with Gasteiger partial charge in [0.1, 0.15) is 25.0 Å². The summed E-state index contributed by atoms with van der Waals surface area (Å²) in [4.78, 5) is 4.65. The van der Waals surface area contributed by atoms with E-state index >= 15 is 0 Å². The fraction of sp³-hybridized carbons (Fsp3) is 0.632. The monoisotopic (exact) mass is 552 g/mol. The van der Waals surface area contributed by atoms with Gasteiger partial charge in [0.2, 0.25) is 0 Å². The maximum Gasteiger partial charge on any atom is 0.299 e. The number of hydrogen-bond donors (Lipinski definition) is 1. The maximum atomic E-state index is 9.96. The lowest BCUT2D eigenvalue weighted by Crippen LogP contribution is -2.35. The molecule has 29 heavy (non-hydrogen) atoms. The highest BCUT2D eigenvalue weighted by Crippen LogP contribution is 2.33. The average Bonchev–Trinajstić information content (AvgIpc) is 3.29. The second-order valence-electron chi connectivity index (χ2n) is 8.74. The van der Waals surface area contributed by atoms with Gasteiger partial charge < -0.3 is 24.1 Å². The number of fused-ring (bicyclic) bond motifs is 2. The van der Waals surface area contributed by atoms with Gasteiger partial charge in [-0.05, 0) is 40.8 Å². The molecule has 0 unspecified atom stereocenters. The Morgan fingerprint density at radius 2 is 2.03 bits per heavy atom. The summed E-state index contributed by atoms with van der Waals surface area (Å²) in [5.74, 6) is 0. The van der Waals surface area contributed by atoms with E-state index < -0.39 is 14.2 Å². The van der Waals surface area contributed by atoms with E-state index in [1.54, 1.807) is 0 Å². The number of imidazole rings is 1. The molecule has 1 aromatic carbocycles. The fourth-order valence-electron chi connectivity index (χ4n) is 3.53. The highest BCUT2D eigenvalue weighted by molar-refractivity contribution is 14.1. The number of aliphatic hydroxyl groups excluding tert-OH is 1. The number of nitrogens with zero attached hydrogens (tertiary/aromatic N) is 2. The van der Waals surface area contributed by atoms with Crippen LogP contribution in [0.1, 0.15) is 0 Å². The second-order valence-corrected chi connectivity index (χ2v) is 15.9. The van der Waals surface area contributed by atoms with Crippen molar-refractivity contribution in [1.82, 2.24) is 9.55 Å². The predicted molar refractivity (Wildman–Crippen MR) is 121 cm³/mol. The molecule has 4 atom stereocenters. The molecule has 160 valence electrons. The Bertz CT molecular complexity index is 890. The minimum Gasteiger partial charge on any atom is -0.456 e. The van der Waals surface area contributed by atoms with E-state index in [-0.39, 0.29) is 24.9 Å². The third kappa shape index (κ3) is 4.75. The zero-order chi connectivity index (χ0) is 20.8. The number of ether oxygens (including phenoxy) is 4. The number of aliphatic hydroxyl groups is 1. The molecule has 0 radical (unpaired) electrons. The Labute approximate surface area is 189 Å². The molecule has 2 saturated heterocycles. The van der Waals surface area contributed by atoms with Gasteiger partial charge >= 0.3 is 0 Å². The molecule has 1 aromatic heterocycles. The molecular weight excluding hydrogens is 527 g/mol. The first-order valence-corrected chi connectivity index (χ1v) is 14.9. The van der Waals surface area contributed by atoms with Crippen LogP contribution in [0.15, 0.2) is 12.1 Å². The topological polar surface area (TPSA) is 75.0 Å². The summed E-state index contributed by atoms with van der Waals surface area (Å²) >= 11 is 8.50. The largest absolute Gasteiger partial charge is 0.456 e. The molecule has 2 aliphatic rings. The number of halogens is 2. The van der Waals surface area contributed by atoms with Crippen molar-refractivity contribution in [1.29, 1.82) is 0 Å². The molecular formula is C19H26ClIN2O5Si. The molecule has 0 aliphatic carbocycles. The highest BCUT2D eigenvalue weighted by atomic mass is 127. The number of benzene rings is 1. The number of hydrogen-bond acceptors (Lipinski definition) is 6. The van der Waals surface area contributed by atoms with E-state index in [0.717, 1.165) is 20.6 Å².